The Morgan fingerprint density at radius 2 is 1.71 bits per heavy atom. The molecule has 0 saturated carbocycles. The summed E-state index contributed by atoms with van der Waals surface area (Å²) >= 11 is 0. The van der Waals surface area contributed by atoms with E-state index < -0.39 is 0 Å². The Morgan fingerprint density at radius 3 is 2.00 bits per heavy atom. The van der Waals surface area contributed by atoms with E-state index in [0.29, 0.717) is 0 Å². The van der Waals surface area contributed by atoms with Crippen LogP contribution in [0.4, 0.5) is 0 Å². The van der Waals surface area contributed by atoms with E-state index in [9.17, 15) is 0 Å². The van der Waals surface area contributed by atoms with Gasteiger partial charge in [-0.25, -0.2) is 4.57 Å². The summed E-state index contributed by atoms with van der Waals surface area (Å²) in [5.41, 5.74) is 1.07. The van der Waals surface area contributed by atoms with E-state index in [1.54, 1.807) is 6.20 Å². The van der Waals surface area contributed by atoms with Gasteiger partial charge in [0.15, 0.2) is 12.4 Å². The Hall–Kier alpha value is -1.70. The van der Waals surface area contributed by atoms with E-state index in [1.807, 2.05) is 67.3 Å². The molecule has 0 aliphatic carbocycles. The average molecular weight is 187 g/mol. The van der Waals surface area contributed by atoms with Gasteiger partial charge in [-0.3, -0.25) is 4.98 Å². The maximum absolute atomic E-state index is 3.98. The molecule has 2 aromatic heterocycles. The van der Waals surface area contributed by atoms with Crippen molar-refractivity contribution in [3.8, 4) is 0 Å². The van der Waals surface area contributed by atoms with E-state index in [2.05, 4.69) is 4.98 Å². The molecule has 0 aliphatic heterocycles. The second-order valence-corrected chi connectivity index (χ2v) is 3.01. The normalized spacial score (nSPS) is 8.71. The summed E-state index contributed by atoms with van der Waals surface area (Å²) in [4.78, 5) is 3.98. The highest BCUT2D eigenvalue weighted by atomic mass is 14.9. The predicted molar refractivity (Wildman–Crippen MR) is 56.6 cm³/mol. The van der Waals surface area contributed by atoms with Gasteiger partial charge in [0.1, 0.15) is 7.05 Å². The number of rotatable bonds is 0. The molecule has 2 heteroatoms. The van der Waals surface area contributed by atoms with Gasteiger partial charge in [0.05, 0.1) is 0 Å². The minimum Gasteiger partial charge on any atom is -0.262 e. The third-order valence-electron chi connectivity index (χ3n) is 1.68. The number of hydrogen-bond acceptors (Lipinski definition) is 1. The maximum Gasteiger partial charge on any atom is 0.168 e. The number of nitrogens with zero attached hydrogens (tertiary/aromatic N) is 2. The second-order valence-electron chi connectivity index (χ2n) is 3.01. The topological polar surface area (TPSA) is 16.8 Å². The fourth-order valence-electron chi connectivity index (χ4n) is 0.933. The van der Waals surface area contributed by atoms with E-state index in [0.717, 1.165) is 5.69 Å². The number of pyridine rings is 2. The first-order valence-corrected chi connectivity index (χ1v) is 4.57. The van der Waals surface area contributed by atoms with Crippen LogP contribution >= 0.6 is 0 Å². The van der Waals surface area contributed by atoms with Crippen LogP contribution in [0, 0.1) is 6.92 Å². The molecular formula is C12H15N2+. The van der Waals surface area contributed by atoms with E-state index >= 15 is 0 Å². The molecule has 0 unspecified atom stereocenters. The molecular weight excluding hydrogens is 172 g/mol. The van der Waals surface area contributed by atoms with Crippen molar-refractivity contribution in [3.05, 3.63) is 60.7 Å². The Kier molecular flexibility index (Phi) is 4.35. The summed E-state index contributed by atoms with van der Waals surface area (Å²) in [6.07, 6.45) is 5.79. The molecule has 0 fully saturated rings. The van der Waals surface area contributed by atoms with Crippen molar-refractivity contribution in [3.63, 3.8) is 0 Å². The minimum absolute atomic E-state index is 1.07. The van der Waals surface area contributed by atoms with Gasteiger partial charge in [0, 0.05) is 24.0 Å². The lowest BCUT2D eigenvalue weighted by molar-refractivity contribution is -0.671. The third-order valence-corrected chi connectivity index (χ3v) is 1.68. The Morgan fingerprint density at radius 1 is 1.00 bits per heavy atom. The van der Waals surface area contributed by atoms with Gasteiger partial charge < -0.3 is 0 Å². The molecule has 72 valence electrons. The summed E-state index contributed by atoms with van der Waals surface area (Å²) in [5, 5.41) is 0. The molecule has 0 spiro atoms. The quantitative estimate of drug-likeness (QED) is 0.576. The Bertz CT molecular complexity index is 306. The SMILES string of the molecule is C[n+]1ccccc1.Cc1ccccn1. The molecule has 0 bridgehead atoms. The molecule has 2 rings (SSSR count). The summed E-state index contributed by atoms with van der Waals surface area (Å²) < 4.78 is 2.00. The summed E-state index contributed by atoms with van der Waals surface area (Å²) in [7, 11) is 2.00. The fourth-order valence-corrected chi connectivity index (χ4v) is 0.933. The molecule has 0 N–H and O–H groups in total. The van der Waals surface area contributed by atoms with Crippen LogP contribution < -0.4 is 4.57 Å². The highest BCUT2D eigenvalue weighted by Crippen LogP contribution is 1.86. The lowest BCUT2D eigenvalue weighted by Gasteiger charge is -1.82. The van der Waals surface area contributed by atoms with Crippen molar-refractivity contribution in [2.45, 2.75) is 6.92 Å². The third kappa shape index (κ3) is 4.36. The van der Waals surface area contributed by atoms with Gasteiger partial charge in [0.25, 0.3) is 0 Å². The van der Waals surface area contributed by atoms with Gasteiger partial charge in [-0.15, -0.1) is 0 Å². The zero-order valence-corrected chi connectivity index (χ0v) is 8.59. The molecule has 0 aliphatic rings. The van der Waals surface area contributed by atoms with E-state index in [4.69, 9.17) is 0 Å². The zero-order chi connectivity index (χ0) is 10.2. The van der Waals surface area contributed by atoms with E-state index in [-0.39, 0.29) is 0 Å². The lowest BCUT2D eigenvalue weighted by atomic mass is 10.4. The highest BCUT2D eigenvalue weighted by Gasteiger charge is 1.78. The van der Waals surface area contributed by atoms with Crippen LogP contribution in [0.15, 0.2) is 55.0 Å². The first-order chi connectivity index (χ1) is 6.79. The number of aryl methyl sites for hydroxylation is 2. The van der Waals surface area contributed by atoms with Gasteiger partial charge in [-0.05, 0) is 19.1 Å². The molecule has 2 heterocycles. The molecule has 0 aromatic carbocycles. The Labute approximate surface area is 84.9 Å². The standard InChI is InChI=1S/C6H8N.C6H7N/c1-7-5-3-2-4-6-7;1-6-4-2-3-5-7-6/h2-6H,1H3;2-5H,1H3/q+1;. The van der Waals surface area contributed by atoms with Crippen molar-refractivity contribution in [2.24, 2.45) is 7.05 Å². The second kappa shape index (κ2) is 5.86. The molecule has 0 radical (unpaired) electrons. The van der Waals surface area contributed by atoms with Gasteiger partial charge >= 0.3 is 0 Å². The smallest absolute Gasteiger partial charge is 0.168 e. The largest absolute Gasteiger partial charge is 0.262 e. The molecule has 2 nitrogen and oxygen atoms in total. The van der Waals surface area contributed by atoms with Crippen molar-refractivity contribution >= 4 is 0 Å². The van der Waals surface area contributed by atoms with Crippen LogP contribution in [0.3, 0.4) is 0 Å². The van der Waals surface area contributed by atoms with Crippen molar-refractivity contribution < 1.29 is 4.57 Å². The predicted octanol–water partition coefficient (Wildman–Crippen LogP) is 1.90. The van der Waals surface area contributed by atoms with Crippen LogP contribution in [0.2, 0.25) is 0 Å². The van der Waals surface area contributed by atoms with E-state index in [1.165, 1.54) is 0 Å². The zero-order valence-electron chi connectivity index (χ0n) is 8.59. The van der Waals surface area contributed by atoms with Crippen LogP contribution in [0.5, 0.6) is 0 Å². The Balaban J connectivity index is 0.000000140. The molecule has 0 amide bonds. The summed E-state index contributed by atoms with van der Waals surface area (Å²) in [6, 6.07) is 11.9. The maximum atomic E-state index is 3.98. The summed E-state index contributed by atoms with van der Waals surface area (Å²) in [5.74, 6) is 0. The monoisotopic (exact) mass is 187 g/mol. The van der Waals surface area contributed by atoms with Gasteiger partial charge in [0.2, 0.25) is 0 Å². The fraction of sp³-hybridized carbons (Fsp3) is 0.167. The first kappa shape index (κ1) is 10.4. The molecule has 2 aromatic rings. The van der Waals surface area contributed by atoms with Gasteiger partial charge in [-0.2, -0.15) is 0 Å². The molecule has 0 atom stereocenters. The van der Waals surface area contributed by atoms with Gasteiger partial charge in [-0.1, -0.05) is 12.1 Å². The highest BCUT2D eigenvalue weighted by molar-refractivity contribution is 4.99. The van der Waals surface area contributed by atoms with Crippen LogP contribution in [-0.2, 0) is 7.05 Å². The number of aromatic nitrogens is 2. The van der Waals surface area contributed by atoms with Crippen molar-refractivity contribution in [1.29, 1.82) is 0 Å². The van der Waals surface area contributed by atoms with Crippen molar-refractivity contribution in [1.82, 2.24) is 4.98 Å². The first-order valence-electron chi connectivity index (χ1n) is 4.57. The van der Waals surface area contributed by atoms with Crippen molar-refractivity contribution in [2.75, 3.05) is 0 Å². The molecule has 0 saturated heterocycles. The average Bonchev–Trinajstić information content (AvgIpc) is 2.21. The van der Waals surface area contributed by atoms with Crippen LogP contribution in [0.25, 0.3) is 0 Å². The minimum atomic E-state index is 1.07. The lowest BCUT2D eigenvalue weighted by Crippen LogP contribution is -2.25. The molecule has 14 heavy (non-hydrogen) atoms. The summed E-state index contributed by atoms with van der Waals surface area (Å²) in [6.45, 7) is 1.97. The van der Waals surface area contributed by atoms with Crippen LogP contribution in [0.1, 0.15) is 5.69 Å². The number of hydrogen-bond donors (Lipinski definition) is 0. The van der Waals surface area contributed by atoms with Crippen LogP contribution in [-0.4, -0.2) is 4.98 Å².